The number of allylic oxidation sites excluding steroid dienone is 3. The molecule has 0 saturated heterocycles. The van der Waals surface area contributed by atoms with E-state index in [1.54, 1.807) is 6.08 Å². The third-order valence-electron chi connectivity index (χ3n) is 7.11. The third-order valence-corrected chi connectivity index (χ3v) is 16.2. The Kier molecular flexibility index (Phi) is 11.0. The van der Waals surface area contributed by atoms with E-state index < -0.39 is 16.6 Å². The number of hydrogen-bond acceptors (Lipinski definition) is 4. The van der Waals surface area contributed by atoms with Crippen molar-refractivity contribution >= 4 is 34.7 Å². The van der Waals surface area contributed by atoms with Crippen LogP contribution in [0.15, 0.2) is 42.5 Å². The van der Waals surface area contributed by atoms with E-state index in [0.29, 0.717) is 13.2 Å². The summed E-state index contributed by atoms with van der Waals surface area (Å²) in [5, 5.41) is 0.408. The van der Waals surface area contributed by atoms with Gasteiger partial charge in [-0.25, -0.2) is 0 Å². The van der Waals surface area contributed by atoms with E-state index in [1.807, 2.05) is 12.2 Å². The topological polar surface area (TPSA) is 38.8 Å². The van der Waals surface area contributed by atoms with E-state index in [2.05, 4.69) is 96.9 Å². The Bertz CT molecular complexity index is 753. The maximum atomic E-state index is 10.4. The number of carbonyl (C=O) groups excluding carboxylic acids is 1. The number of benzene rings is 1. The Morgan fingerprint density at radius 3 is 1.61 bits per heavy atom. The Morgan fingerprint density at radius 1 is 0.758 bits per heavy atom. The van der Waals surface area contributed by atoms with Gasteiger partial charge in [0.25, 0.3) is 0 Å². The second-order valence-electron chi connectivity index (χ2n) is 11.7. The van der Waals surface area contributed by atoms with Crippen molar-refractivity contribution in [2.75, 3.05) is 31.2 Å². The van der Waals surface area contributed by atoms with Crippen molar-refractivity contribution in [3.63, 3.8) is 0 Å². The molecule has 0 radical (unpaired) electrons. The molecule has 33 heavy (non-hydrogen) atoms. The quantitative estimate of drug-likeness (QED) is 0.134. The summed E-state index contributed by atoms with van der Waals surface area (Å²) in [6.45, 7) is 26.0. The highest BCUT2D eigenvalue weighted by Gasteiger charge is 2.38. The van der Waals surface area contributed by atoms with Crippen molar-refractivity contribution in [3.05, 3.63) is 48.1 Å². The van der Waals surface area contributed by atoms with Crippen LogP contribution in [0.4, 0.5) is 5.69 Å². The molecular weight excluding hydrogens is 442 g/mol. The molecule has 0 bridgehead atoms. The summed E-state index contributed by atoms with van der Waals surface area (Å²) in [7, 11) is -3.56. The first kappa shape index (κ1) is 29.6. The average Bonchev–Trinajstić information content (AvgIpc) is 2.69. The molecule has 0 unspecified atom stereocenters. The maximum Gasteiger partial charge on any atom is 0.192 e. The standard InChI is InChI=1S/C27H47NO3Si2/c1-26(2,3)32(7,8)30-22-19-28(20-23-31-33(9,10)27(4,5)6)25-17-15-24(16-18-25)14-12-11-13-21-29/h11-18,21H,19-20,22-23H2,1-10H3. The second-order valence-corrected chi connectivity index (χ2v) is 21.3. The highest BCUT2D eigenvalue weighted by atomic mass is 28.4. The van der Waals surface area contributed by atoms with Crippen LogP contribution in [-0.4, -0.2) is 49.2 Å². The summed E-state index contributed by atoms with van der Waals surface area (Å²) < 4.78 is 12.9. The van der Waals surface area contributed by atoms with Crippen LogP contribution in [0, 0.1) is 0 Å². The van der Waals surface area contributed by atoms with Crippen molar-refractivity contribution in [2.24, 2.45) is 0 Å². The van der Waals surface area contributed by atoms with Crippen molar-refractivity contribution in [1.29, 1.82) is 0 Å². The normalized spacial score (nSPS) is 13.8. The number of anilines is 1. The number of aldehydes is 1. The molecule has 0 spiro atoms. The van der Waals surface area contributed by atoms with Crippen LogP contribution in [0.2, 0.25) is 36.3 Å². The Hall–Kier alpha value is -1.48. The van der Waals surface area contributed by atoms with E-state index in [0.717, 1.165) is 24.9 Å². The monoisotopic (exact) mass is 489 g/mol. The molecule has 0 aliphatic heterocycles. The van der Waals surface area contributed by atoms with Crippen LogP contribution < -0.4 is 4.90 Å². The van der Waals surface area contributed by atoms with Gasteiger partial charge in [0.05, 0.1) is 13.2 Å². The lowest BCUT2D eigenvalue weighted by atomic mass is 10.2. The maximum absolute atomic E-state index is 10.4. The zero-order chi connectivity index (χ0) is 25.3. The van der Waals surface area contributed by atoms with Crippen molar-refractivity contribution in [3.8, 4) is 0 Å². The minimum absolute atomic E-state index is 0.204. The van der Waals surface area contributed by atoms with Crippen LogP contribution >= 0.6 is 0 Å². The Balaban J connectivity index is 2.91. The predicted molar refractivity (Wildman–Crippen MR) is 149 cm³/mol. The van der Waals surface area contributed by atoms with Gasteiger partial charge in [0.2, 0.25) is 0 Å². The van der Waals surface area contributed by atoms with E-state index in [-0.39, 0.29) is 10.1 Å². The van der Waals surface area contributed by atoms with Crippen LogP contribution in [0.3, 0.4) is 0 Å². The van der Waals surface area contributed by atoms with Crippen LogP contribution in [0.25, 0.3) is 6.08 Å². The third kappa shape index (κ3) is 9.73. The van der Waals surface area contributed by atoms with Gasteiger partial charge in [-0.2, -0.15) is 0 Å². The molecule has 1 rings (SSSR count). The highest BCUT2D eigenvalue weighted by Crippen LogP contribution is 2.37. The largest absolute Gasteiger partial charge is 0.415 e. The predicted octanol–water partition coefficient (Wildman–Crippen LogP) is 7.30. The van der Waals surface area contributed by atoms with Crippen molar-refractivity contribution in [2.45, 2.75) is 77.8 Å². The van der Waals surface area contributed by atoms with Crippen LogP contribution in [0.1, 0.15) is 47.1 Å². The fourth-order valence-electron chi connectivity index (χ4n) is 2.70. The molecule has 0 aromatic heterocycles. The summed E-state index contributed by atoms with van der Waals surface area (Å²) in [6, 6.07) is 8.53. The van der Waals surface area contributed by atoms with Gasteiger partial charge < -0.3 is 13.8 Å². The molecule has 0 fully saturated rings. The Morgan fingerprint density at radius 2 is 1.21 bits per heavy atom. The fourth-order valence-corrected chi connectivity index (χ4v) is 4.77. The SMILES string of the molecule is CC(C)(C)[Si](C)(C)OCCN(CCO[Si](C)(C)C(C)(C)C)c1ccc(C=CC=CC=O)cc1. The molecule has 0 amide bonds. The molecule has 0 aliphatic carbocycles. The molecule has 186 valence electrons. The minimum atomic E-state index is -1.78. The number of carbonyl (C=O) groups is 1. The number of hydrogen-bond donors (Lipinski definition) is 0. The van der Waals surface area contributed by atoms with Crippen molar-refractivity contribution < 1.29 is 13.6 Å². The first-order valence-corrected chi connectivity index (χ1v) is 17.8. The van der Waals surface area contributed by atoms with E-state index in [4.69, 9.17) is 8.85 Å². The molecule has 0 heterocycles. The molecule has 1 aromatic rings. The lowest BCUT2D eigenvalue weighted by molar-refractivity contribution is -0.104. The van der Waals surface area contributed by atoms with Gasteiger partial charge in [-0.15, -0.1) is 0 Å². The van der Waals surface area contributed by atoms with Gasteiger partial charge >= 0.3 is 0 Å². The molecule has 0 atom stereocenters. The van der Waals surface area contributed by atoms with Gasteiger partial charge in [0, 0.05) is 18.8 Å². The van der Waals surface area contributed by atoms with E-state index >= 15 is 0 Å². The summed E-state index contributed by atoms with van der Waals surface area (Å²) in [5.41, 5.74) is 2.28. The molecule has 1 aromatic carbocycles. The van der Waals surface area contributed by atoms with Gasteiger partial charge in [-0.1, -0.05) is 71.9 Å². The second kappa shape index (κ2) is 12.3. The first-order chi connectivity index (χ1) is 15.1. The summed E-state index contributed by atoms with van der Waals surface area (Å²) in [6.07, 6.45) is 7.88. The fraction of sp³-hybridized carbons (Fsp3) is 0.593. The average molecular weight is 490 g/mol. The van der Waals surface area contributed by atoms with E-state index in [1.165, 1.54) is 11.8 Å². The Labute approximate surface area is 205 Å². The van der Waals surface area contributed by atoms with Crippen LogP contribution in [0.5, 0.6) is 0 Å². The zero-order valence-electron chi connectivity index (χ0n) is 22.7. The summed E-state index contributed by atoms with van der Waals surface area (Å²) in [5.74, 6) is 0. The first-order valence-electron chi connectivity index (χ1n) is 12.0. The molecule has 0 N–H and O–H groups in total. The lowest BCUT2D eigenvalue weighted by Gasteiger charge is -2.38. The number of nitrogens with zero attached hydrogens (tertiary/aromatic N) is 1. The highest BCUT2D eigenvalue weighted by molar-refractivity contribution is 6.74. The van der Waals surface area contributed by atoms with Gasteiger partial charge in [-0.05, 0) is 60.0 Å². The molecule has 6 heteroatoms. The van der Waals surface area contributed by atoms with Gasteiger partial charge in [0.1, 0.15) is 6.29 Å². The van der Waals surface area contributed by atoms with Crippen molar-refractivity contribution in [1.82, 2.24) is 0 Å². The van der Waals surface area contributed by atoms with Gasteiger partial charge in [0.15, 0.2) is 16.6 Å². The zero-order valence-corrected chi connectivity index (χ0v) is 24.7. The summed E-state index contributed by atoms with van der Waals surface area (Å²) in [4.78, 5) is 12.8. The smallest absolute Gasteiger partial charge is 0.192 e. The molecular formula is C27H47NO3Si2. The number of rotatable bonds is 12. The summed E-state index contributed by atoms with van der Waals surface area (Å²) >= 11 is 0. The van der Waals surface area contributed by atoms with E-state index in [9.17, 15) is 4.79 Å². The van der Waals surface area contributed by atoms with Crippen LogP contribution in [-0.2, 0) is 13.6 Å². The van der Waals surface area contributed by atoms with Gasteiger partial charge in [-0.3, -0.25) is 4.79 Å². The lowest BCUT2D eigenvalue weighted by Crippen LogP contribution is -2.44. The molecule has 4 nitrogen and oxygen atoms in total. The molecule has 0 aliphatic rings. The molecule has 0 saturated carbocycles. The minimum Gasteiger partial charge on any atom is -0.415 e.